The molecule has 110 valence electrons. The predicted molar refractivity (Wildman–Crippen MR) is 83.9 cm³/mol. The van der Waals surface area contributed by atoms with E-state index in [0.717, 1.165) is 13.1 Å². The van der Waals surface area contributed by atoms with Gasteiger partial charge in [-0.25, -0.2) is 0 Å². The van der Waals surface area contributed by atoms with E-state index < -0.39 is 0 Å². The van der Waals surface area contributed by atoms with Crippen molar-refractivity contribution in [2.24, 2.45) is 10.8 Å². The second kappa shape index (κ2) is 7.66. The number of nitrogens with zero attached hydrogens (tertiary/aromatic N) is 2. The van der Waals surface area contributed by atoms with E-state index in [2.05, 4.69) is 27.6 Å². The number of nitrogens with one attached hydrogen (secondary N) is 1. The van der Waals surface area contributed by atoms with Crippen LogP contribution in [0.1, 0.15) is 25.0 Å². The van der Waals surface area contributed by atoms with Gasteiger partial charge in [0.05, 0.1) is 11.8 Å². The number of hydrogen-bond donors (Lipinski definition) is 4. The average molecular weight is 296 g/mol. The molecule has 1 aromatic carbocycles. The Labute approximate surface area is 123 Å². The molecule has 0 heterocycles. The maximum atomic E-state index is 10.2. The Kier molecular flexibility index (Phi) is 6.20. The van der Waals surface area contributed by atoms with E-state index in [0.29, 0.717) is 17.7 Å². The molecule has 0 aliphatic carbocycles. The lowest BCUT2D eigenvalue weighted by Gasteiger charge is -2.20. The average Bonchev–Trinajstić information content (AvgIpc) is 2.41. The van der Waals surface area contributed by atoms with Crippen LogP contribution in [0.2, 0.25) is 0 Å². The van der Waals surface area contributed by atoms with E-state index in [9.17, 15) is 10.2 Å². The molecule has 0 saturated carbocycles. The first-order valence-corrected chi connectivity index (χ1v) is 6.75. The van der Waals surface area contributed by atoms with Gasteiger partial charge in [0.1, 0.15) is 11.5 Å². The zero-order valence-corrected chi connectivity index (χ0v) is 12.4. The summed E-state index contributed by atoms with van der Waals surface area (Å²) in [5.41, 5.74) is 8.62. The van der Waals surface area contributed by atoms with E-state index in [1.165, 1.54) is 12.3 Å². The Morgan fingerprint density at radius 2 is 2.05 bits per heavy atom. The molecule has 0 spiro atoms. The summed E-state index contributed by atoms with van der Waals surface area (Å²) in [6, 6.07) is 3.10. The number of phenolic OH excluding ortho intramolecular Hbond substituents is 2. The Bertz CT molecular complexity index is 501. The van der Waals surface area contributed by atoms with Crippen LogP contribution in [0.25, 0.3) is 0 Å². The normalized spacial score (nSPS) is 11.2. The first-order valence-electron chi connectivity index (χ1n) is 6.34. The van der Waals surface area contributed by atoms with E-state index >= 15 is 0 Å². The lowest BCUT2D eigenvalue weighted by molar-refractivity contribution is 0.285. The van der Waals surface area contributed by atoms with Gasteiger partial charge < -0.3 is 15.9 Å². The number of rotatable bonds is 6. The number of phenols is 2. The van der Waals surface area contributed by atoms with Gasteiger partial charge in [0, 0.05) is 12.1 Å². The van der Waals surface area contributed by atoms with Gasteiger partial charge in [0.25, 0.3) is 0 Å². The van der Waals surface area contributed by atoms with Crippen molar-refractivity contribution in [1.82, 2.24) is 10.3 Å². The monoisotopic (exact) mass is 296 g/mol. The number of benzene rings is 1. The summed E-state index contributed by atoms with van der Waals surface area (Å²) in [6.07, 6.45) is 1.40. The molecule has 0 fully saturated rings. The third-order valence-electron chi connectivity index (χ3n) is 2.94. The second-order valence-electron chi connectivity index (χ2n) is 4.20. The van der Waals surface area contributed by atoms with Gasteiger partial charge in [-0.05, 0) is 37.4 Å². The van der Waals surface area contributed by atoms with Crippen molar-refractivity contribution >= 4 is 23.5 Å². The highest BCUT2D eigenvalue weighted by Crippen LogP contribution is 2.30. The Balaban J connectivity index is 3.00. The van der Waals surface area contributed by atoms with Crippen LogP contribution >= 0.6 is 12.2 Å². The van der Waals surface area contributed by atoms with E-state index in [4.69, 9.17) is 5.73 Å². The molecule has 0 bridgehead atoms. The molecule has 0 aliphatic rings. The van der Waals surface area contributed by atoms with Crippen LogP contribution in [0.5, 0.6) is 11.5 Å². The van der Waals surface area contributed by atoms with Gasteiger partial charge >= 0.3 is 0 Å². The Morgan fingerprint density at radius 1 is 1.40 bits per heavy atom. The zero-order chi connectivity index (χ0) is 15.1. The predicted octanol–water partition coefficient (Wildman–Crippen LogP) is 1.11. The summed E-state index contributed by atoms with van der Waals surface area (Å²) in [5, 5.41) is 23.9. The molecule has 0 unspecified atom stereocenters. The standard InChI is InChI=1S/C13H20N4O2S/c1-3-17(4-2)8-10-11(18)6-5-9(12(10)19)7-15-16-13(14)20/h5-7,18-19H,3-4,8H2,1-2H3,(H3,14,16,20)/b15-7+. The highest BCUT2D eigenvalue weighted by Gasteiger charge is 2.13. The van der Waals surface area contributed by atoms with Crippen LogP contribution < -0.4 is 11.2 Å². The lowest BCUT2D eigenvalue weighted by Crippen LogP contribution is -2.24. The van der Waals surface area contributed by atoms with Crippen molar-refractivity contribution in [3.63, 3.8) is 0 Å². The molecular formula is C13H20N4O2S. The minimum Gasteiger partial charge on any atom is -0.507 e. The maximum Gasteiger partial charge on any atom is 0.184 e. The molecule has 0 aromatic heterocycles. The van der Waals surface area contributed by atoms with Crippen LogP contribution in [0, 0.1) is 0 Å². The highest BCUT2D eigenvalue weighted by molar-refractivity contribution is 7.80. The first kappa shape index (κ1) is 16.2. The summed E-state index contributed by atoms with van der Waals surface area (Å²) in [6.45, 7) is 6.17. The smallest absolute Gasteiger partial charge is 0.184 e. The SMILES string of the molecule is CCN(CC)Cc1c(O)ccc(/C=N/NC(N)=S)c1O. The topological polar surface area (TPSA) is 94.1 Å². The molecule has 0 amide bonds. The van der Waals surface area contributed by atoms with Gasteiger partial charge in [0.2, 0.25) is 0 Å². The Hall–Kier alpha value is -1.86. The third-order valence-corrected chi connectivity index (χ3v) is 3.04. The molecule has 0 radical (unpaired) electrons. The second-order valence-corrected chi connectivity index (χ2v) is 4.64. The lowest BCUT2D eigenvalue weighted by atomic mass is 10.1. The fourth-order valence-electron chi connectivity index (χ4n) is 1.74. The van der Waals surface area contributed by atoms with Crippen molar-refractivity contribution in [1.29, 1.82) is 0 Å². The van der Waals surface area contributed by atoms with E-state index in [1.54, 1.807) is 6.07 Å². The molecule has 20 heavy (non-hydrogen) atoms. The quantitative estimate of drug-likeness (QED) is 0.357. The molecule has 0 atom stereocenters. The van der Waals surface area contributed by atoms with Crippen molar-refractivity contribution in [3.8, 4) is 11.5 Å². The molecule has 0 saturated heterocycles. The van der Waals surface area contributed by atoms with Gasteiger partial charge in [0.15, 0.2) is 5.11 Å². The molecule has 6 nitrogen and oxygen atoms in total. The molecule has 0 aliphatic heterocycles. The number of hydrazone groups is 1. The van der Waals surface area contributed by atoms with Gasteiger partial charge in [-0.3, -0.25) is 10.3 Å². The minimum atomic E-state index is 0.00499. The molecular weight excluding hydrogens is 276 g/mol. The Morgan fingerprint density at radius 3 is 2.60 bits per heavy atom. The summed E-state index contributed by atoms with van der Waals surface area (Å²) in [7, 11) is 0. The van der Waals surface area contributed by atoms with Gasteiger partial charge in [-0.15, -0.1) is 0 Å². The zero-order valence-electron chi connectivity index (χ0n) is 11.6. The largest absolute Gasteiger partial charge is 0.507 e. The highest BCUT2D eigenvalue weighted by atomic mass is 32.1. The summed E-state index contributed by atoms with van der Waals surface area (Å²) >= 11 is 4.62. The molecule has 7 heteroatoms. The summed E-state index contributed by atoms with van der Waals surface area (Å²) in [5.74, 6) is 0.0687. The van der Waals surface area contributed by atoms with Crippen LogP contribution in [-0.4, -0.2) is 39.5 Å². The number of aromatic hydroxyl groups is 2. The molecule has 1 aromatic rings. The maximum absolute atomic E-state index is 10.2. The van der Waals surface area contributed by atoms with Crippen molar-refractivity contribution in [2.45, 2.75) is 20.4 Å². The fraction of sp³-hybridized carbons (Fsp3) is 0.385. The van der Waals surface area contributed by atoms with E-state index in [1.807, 2.05) is 13.8 Å². The van der Waals surface area contributed by atoms with Crippen LogP contribution in [0.4, 0.5) is 0 Å². The third kappa shape index (κ3) is 4.36. The summed E-state index contributed by atoms with van der Waals surface area (Å²) < 4.78 is 0. The first-order chi connectivity index (χ1) is 9.49. The number of hydrogen-bond acceptors (Lipinski definition) is 5. The van der Waals surface area contributed by atoms with Crippen LogP contribution in [-0.2, 0) is 6.54 Å². The number of thiocarbonyl (C=S) groups is 1. The number of nitrogens with two attached hydrogens (primary N) is 1. The van der Waals surface area contributed by atoms with Gasteiger partial charge in [-0.1, -0.05) is 13.8 Å². The van der Waals surface area contributed by atoms with Crippen molar-refractivity contribution < 1.29 is 10.2 Å². The van der Waals surface area contributed by atoms with Crippen molar-refractivity contribution in [3.05, 3.63) is 23.3 Å². The van der Waals surface area contributed by atoms with Crippen LogP contribution in [0.15, 0.2) is 17.2 Å². The van der Waals surface area contributed by atoms with Crippen LogP contribution in [0.3, 0.4) is 0 Å². The molecule has 5 N–H and O–H groups in total. The molecule has 1 rings (SSSR count). The minimum absolute atomic E-state index is 0.00499. The van der Waals surface area contributed by atoms with Gasteiger partial charge in [-0.2, -0.15) is 5.10 Å². The van der Waals surface area contributed by atoms with Crippen molar-refractivity contribution in [2.75, 3.05) is 13.1 Å². The summed E-state index contributed by atoms with van der Waals surface area (Å²) in [4.78, 5) is 2.09. The fourth-order valence-corrected chi connectivity index (χ4v) is 1.79. The van der Waals surface area contributed by atoms with E-state index in [-0.39, 0.29) is 16.6 Å².